The first-order valence-electron chi connectivity index (χ1n) is 9.19. The van der Waals surface area contributed by atoms with E-state index in [1.54, 1.807) is 67.8 Å². The number of hydrogen-bond donors (Lipinski definition) is 2. The van der Waals surface area contributed by atoms with Gasteiger partial charge in [-0.2, -0.15) is 0 Å². The van der Waals surface area contributed by atoms with Crippen molar-refractivity contribution in [1.29, 1.82) is 0 Å². The van der Waals surface area contributed by atoms with Gasteiger partial charge >= 0.3 is 0 Å². The molecule has 3 aromatic carbocycles. The first-order valence-corrected chi connectivity index (χ1v) is 9.56. The van der Waals surface area contributed by atoms with Crippen LogP contribution in [0.2, 0.25) is 5.02 Å². The maximum atomic E-state index is 12.3. The fourth-order valence-electron chi connectivity index (χ4n) is 2.60. The Labute approximate surface area is 179 Å². The number of methoxy groups -OCH3 is 1. The van der Waals surface area contributed by atoms with Crippen molar-refractivity contribution in [3.05, 3.63) is 82.9 Å². The van der Waals surface area contributed by atoms with Gasteiger partial charge in [0.1, 0.15) is 11.5 Å². The van der Waals surface area contributed by atoms with Crippen molar-refractivity contribution in [2.45, 2.75) is 6.92 Å². The monoisotopic (exact) mass is 424 g/mol. The average Bonchev–Trinajstić information content (AvgIpc) is 2.76. The summed E-state index contributed by atoms with van der Waals surface area (Å²) >= 11 is 6.05. The lowest BCUT2D eigenvalue weighted by molar-refractivity contribution is -0.118. The van der Waals surface area contributed by atoms with Crippen LogP contribution in [0.25, 0.3) is 0 Å². The smallest absolute Gasteiger partial charge is 0.262 e. The standard InChI is InChI=1S/C23H21ClN2O4/c1-15-3-6-18(13-21(15)24)25-22(27)14-30-20-9-4-16(5-10-20)23(28)26-17-7-11-19(29-2)12-8-17/h3-13H,14H2,1-2H3,(H,25,27)(H,26,28). The number of carbonyl (C=O) groups is 2. The second-order valence-corrected chi connectivity index (χ2v) is 6.92. The minimum atomic E-state index is -0.309. The quantitative estimate of drug-likeness (QED) is 0.564. The minimum Gasteiger partial charge on any atom is -0.497 e. The molecule has 3 aromatic rings. The molecule has 3 rings (SSSR count). The van der Waals surface area contributed by atoms with Crippen LogP contribution >= 0.6 is 11.6 Å². The molecule has 0 spiro atoms. The zero-order valence-electron chi connectivity index (χ0n) is 16.6. The summed E-state index contributed by atoms with van der Waals surface area (Å²) in [7, 11) is 1.58. The van der Waals surface area contributed by atoms with Crippen LogP contribution in [0.3, 0.4) is 0 Å². The van der Waals surface area contributed by atoms with Crippen molar-refractivity contribution in [3.63, 3.8) is 0 Å². The molecule has 2 N–H and O–H groups in total. The van der Waals surface area contributed by atoms with Crippen molar-refractivity contribution in [2.75, 3.05) is 24.4 Å². The molecule has 0 unspecified atom stereocenters. The molecule has 0 aliphatic carbocycles. The Morgan fingerprint density at radius 1 is 0.867 bits per heavy atom. The topological polar surface area (TPSA) is 76.7 Å². The number of hydrogen-bond acceptors (Lipinski definition) is 4. The van der Waals surface area contributed by atoms with E-state index >= 15 is 0 Å². The summed E-state index contributed by atoms with van der Waals surface area (Å²) in [4.78, 5) is 24.4. The third-order valence-electron chi connectivity index (χ3n) is 4.29. The molecule has 154 valence electrons. The number of halogens is 1. The Morgan fingerprint density at radius 3 is 2.13 bits per heavy atom. The normalized spacial score (nSPS) is 10.2. The molecule has 0 aliphatic rings. The molecule has 2 amide bonds. The Hall–Kier alpha value is -3.51. The van der Waals surface area contributed by atoms with Gasteiger partial charge in [-0.25, -0.2) is 0 Å². The van der Waals surface area contributed by atoms with Crippen LogP contribution in [0.4, 0.5) is 11.4 Å². The number of ether oxygens (including phenoxy) is 2. The molecule has 0 aromatic heterocycles. The zero-order valence-corrected chi connectivity index (χ0v) is 17.3. The van der Waals surface area contributed by atoms with Gasteiger partial charge in [0.15, 0.2) is 6.61 Å². The maximum absolute atomic E-state index is 12.3. The molecule has 0 heterocycles. The number of anilines is 2. The number of aryl methyl sites for hydroxylation is 1. The minimum absolute atomic E-state index is 0.164. The second-order valence-electron chi connectivity index (χ2n) is 6.51. The van der Waals surface area contributed by atoms with E-state index in [0.717, 1.165) is 5.56 Å². The summed E-state index contributed by atoms with van der Waals surface area (Å²) in [5, 5.41) is 6.11. The van der Waals surface area contributed by atoms with Gasteiger partial charge in [-0.15, -0.1) is 0 Å². The van der Waals surface area contributed by atoms with Gasteiger partial charge in [0, 0.05) is 22.0 Å². The molecule has 0 atom stereocenters. The van der Waals surface area contributed by atoms with E-state index in [4.69, 9.17) is 21.1 Å². The van der Waals surface area contributed by atoms with Gasteiger partial charge in [-0.3, -0.25) is 9.59 Å². The number of benzene rings is 3. The molecule has 0 aliphatic heterocycles. The summed E-state index contributed by atoms with van der Waals surface area (Å²) < 4.78 is 10.6. The van der Waals surface area contributed by atoms with Gasteiger partial charge in [-0.05, 0) is 73.2 Å². The van der Waals surface area contributed by atoms with Gasteiger partial charge in [0.05, 0.1) is 7.11 Å². The van der Waals surface area contributed by atoms with Crippen LogP contribution < -0.4 is 20.1 Å². The van der Waals surface area contributed by atoms with Crippen molar-refractivity contribution in [2.24, 2.45) is 0 Å². The molecule has 7 heteroatoms. The number of nitrogens with one attached hydrogen (secondary N) is 2. The zero-order chi connectivity index (χ0) is 21.5. The first-order chi connectivity index (χ1) is 14.4. The molecule has 0 saturated heterocycles. The van der Waals surface area contributed by atoms with Gasteiger partial charge in [-0.1, -0.05) is 17.7 Å². The molecule has 0 fully saturated rings. The first kappa shape index (κ1) is 21.2. The van der Waals surface area contributed by atoms with E-state index < -0.39 is 0 Å². The summed E-state index contributed by atoms with van der Waals surface area (Å²) in [6.07, 6.45) is 0. The SMILES string of the molecule is COc1ccc(NC(=O)c2ccc(OCC(=O)Nc3ccc(C)c(Cl)c3)cc2)cc1. The Kier molecular flexibility index (Phi) is 6.93. The molecule has 30 heavy (non-hydrogen) atoms. The largest absolute Gasteiger partial charge is 0.497 e. The predicted octanol–water partition coefficient (Wildman–Crippen LogP) is 4.93. The summed E-state index contributed by atoms with van der Waals surface area (Å²) in [5.41, 5.74) is 2.66. The van der Waals surface area contributed by atoms with Gasteiger partial charge in [0.25, 0.3) is 11.8 Å². The van der Waals surface area contributed by atoms with E-state index in [9.17, 15) is 9.59 Å². The summed E-state index contributed by atoms with van der Waals surface area (Å²) in [5.74, 6) is 0.633. The number of amides is 2. The highest BCUT2D eigenvalue weighted by Gasteiger charge is 2.08. The van der Waals surface area contributed by atoms with E-state index in [1.165, 1.54) is 0 Å². The van der Waals surface area contributed by atoms with Crippen LogP contribution in [0.15, 0.2) is 66.7 Å². The van der Waals surface area contributed by atoms with E-state index in [1.807, 2.05) is 13.0 Å². The lowest BCUT2D eigenvalue weighted by Gasteiger charge is -2.09. The third-order valence-corrected chi connectivity index (χ3v) is 4.70. The van der Waals surface area contributed by atoms with E-state index in [0.29, 0.717) is 33.5 Å². The molecule has 0 saturated carbocycles. The van der Waals surface area contributed by atoms with Crippen molar-refractivity contribution in [1.82, 2.24) is 0 Å². The third kappa shape index (κ3) is 5.75. The molecular formula is C23H21ClN2O4. The Bertz CT molecular complexity index is 1030. The highest BCUT2D eigenvalue weighted by Crippen LogP contribution is 2.20. The maximum Gasteiger partial charge on any atom is 0.262 e. The highest BCUT2D eigenvalue weighted by atomic mass is 35.5. The molecular weight excluding hydrogens is 404 g/mol. The van der Waals surface area contributed by atoms with Crippen LogP contribution in [0.5, 0.6) is 11.5 Å². The number of carbonyl (C=O) groups excluding carboxylic acids is 2. The van der Waals surface area contributed by atoms with Gasteiger partial charge in [0.2, 0.25) is 0 Å². The second kappa shape index (κ2) is 9.80. The predicted molar refractivity (Wildman–Crippen MR) is 118 cm³/mol. The van der Waals surface area contributed by atoms with E-state index in [-0.39, 0.29) is 18.4 Å². The van der Waals surface area contributed by atoms with Crippen LogP contribution in [0.1, 0.15) is 15.9 Å². The molecule has 0 bridgehead atoms. The fourth-order valence-corrected chi connectivity index (χ4v) is 2.78. The van der Waals surface area contributed by atoms with Crippen LogP contribution in [-0.4, -0.2) is 25.5 Å². The van der Waals surface area contributed by atoms with E-state index in [2.05, 4.69) is 10.6 Å². The molecule has 6 nitrogen and oxygen atoms in total. The number of rotatable bonds is 7. The van der Waals surface area contributed by atoms with Crippen LogP contribution in [-0.2, 0) is 4.79 Å². The summed E-state index contributed by atoms with van der Waals surface area (Å²) in [6.45, 7) is 1.72. The fraction of sp³-hybridized carbons (Fsp3) is 0.130. The lowest BCUT2D eigenvalue weighted by atomic mass is 10.2. The summed E-state index contributed by atoms with van der Waals surface area (Å²) in [6, 6.07) is 18.9. The van der Waals surface area contributed by atoms with Crippen LogP contribution in [0, 0.1) is 6.92 Å². The lowest BCUT2D eigenvalue weighted by Crippen LogP contribution is -2.20. The Morgan fingerprint density at radius 2 is 1.50 bits per heavy atom. The highest BCUT2D eigenvalue weighted by molar-refractivity contribution is 6.31. The van der Waals surface area contributed by atoms with Crippen molar-refractivity contribution < 1.29 is 19.1 Å². The van der Waals surface area contributed by atoms with Crippen molar-refractivity contribution >= 4 is 34.8 Å². The Balaban J connectivity index is 1.51. The molecule has 0 radical (unpaired) electrons. The average molecular weight is 425 g/mol. The van der Waals surface area contributed by atoms with Crippen molar-refractivity contribution in [3.8, 4) is 11.5 Å². The van der Waals surface area contributed by atoms with Gasteiger partial charge < -0.3 is 20.1 Å².